The van der Waals surface area contributed by atoms with Crippen LogP contribution in [0.2, 0.25) is 0 Å². The van der Waals surface area contributed by atoms with Gasteiger partial charge >= 0.3 is 0 Å². The number of nitriles is 1. The van der Waals surface area contributed by atoms with E-state index in [4.69, 9.17) is 9.47 Å². The second-order valence-electron chi connectivity index (χ2n) is 7.56. The summed E-state index contributed by atoms with van der Waals surface area (Å²) in [6.07, 6.45) is 2.23. The molecule has 4 aromatic rings. The van der Waals surface area contributed by atoms with Crippen molar-refractivity contribution in [2.24, 2.45) is 0 Å². The topological polar surface area (TPSA) is 97.1 Å². The molecule has 4 rings (SSSR count). The van der Waals surface area contributed by atoms with Gasteiger partial charge < -0.3 is 9.47 Å². The zero-order valence-corrected chi connectivity index (χ0v) is 21.5. The Morgan fingerprint density at radius 2 is 1.97 bits per heavy atom. The fraction of sp³-hybridized carbons (Fsp3) is 0.185. The van der Waals surface area contributed by atoms with E-state index in [0.717, 1.165) is 17.2 Å². The van der Waals surface area contributed by atoms with E-state index < -0.39 is 5.91 Å². The molecular weight excluding hydrogens is 492 g/mol. The highest BCUT2D eigenvalue weighted by Gasteiger charge is 2.13. The summed E-state index contributed by atoms with van der Waals surface area (Å²) in [5.41, 5.74) is 0.591. The molecule has 0 aliphatic heterocycles. The van der Waals surface area contributed by atoms with Gasteiger partial charge in [-0.2, -0.15) is 5.26 Å². The maximum absolute atomic E-state index is 12.5. The Hall–Kier alpha value is -3.87. The molecule has 0 saturated heterocycles. The van der Waals surface area contributed by atoms with Crippen LogP contribution >= 0.6 is 23.1 Å². The van der Waals surface area contributed by atoms with Gasteiger partial charge in [0.1, 0.15) is 16.6 Å². The lowest BCUT2D eigenvalue weighted by Gasteiger charge is -2.12. The van der Waals surface area contributed by atoms with Crippen molar-refractivity contribution in [2.75, 3.05) is 24.8 Å². The van der Waals surface area contributed by atoms with Crippen molar-refractivity contribution < 1.29 is 14.3 Å². The normalized spacial score (nSPS) is 11.2. The molecule has 0 aliphatic carbocycles. The average molecular weight is 517 g/mol. The zero-order valence-electron chi connectivity index (χ0n) is 19.9. The molecule has 3 aromatic carbocycles. The zero-order chi connectivity index (χ0) is 25.3. The predicted molar refractivity (Wildman–Crippen MR) is 145 cm³/mol. The minimum Gasteiger partial charge on any atom is -0.493 e. The number of benzene rings is 3. The number of aromatic nitrogens is 2. The van der Waals surface area contributed by atoms with Gasteiger partial charge in [0.2, 0.25) is 5.13 Å². The molecule has 0 fully saturated rings. The molecule has 0 aliphatic rings. The Bertz CT molecular complexity index is 1440. The fourth-order valence-electron chi connectivity index (χ4n) is 3.44. The number of nitrogens with one attached hydrogen (secondary N) is 1. The van der Waals surface area contributed by atoms with E-state index in [9.17, 15) is 10.1 Å². The molecule has 1 N–H and O–H groups in total. The second kappa shape index (κ2) is 12.2. The van der Waals surface area contributed by atoms with Crippen molar-refractivity contribution in [1.29, 1.82) is 5.26 Å². The number of fused-ring (bicyclic) bond motifs is 1. The first kappa shape index (κ1) is 25.2. The maximum Gasteiger partial charge on any atom is 0.268 e. The summed E-state index contributed by atoms with van der Waals surface area (Å²) in [7, 11) is 1.55. The minimum atomic E-state index is -0.541. The van der Waals surface area contributed by atoms with Crippen molar-refractivity contribution in [2.45, 2.75) is 18.2 Å². The van der Waals surface area contributed by atoms with Crippen LogP contribution in [-0.2, 0) is 11.2 Å². The van der Waals surface area contributed by atoms with E-state index in [1.165, 1.54) is 33.1 Å². The largest absolute Gasteiger partial charge is 0.493 e. The maximum atomic E-state index is 12.5. The molecule has 36 heavy (non-hydrogen) atoms. The molecule has 0 spiro atoms. The Morgan fingerprint density at radius 1 is 1.14 bits per heavy atom. The Balaban J connectivity index is 1.38. The third-order valence-corrected chi connectivity index (χ3v) is 7.22. The van der Waals surface area contributed by atoms with Gasteiger partial charge in [-0.25, -0.2) is 0 Å². The van der Waals surface area contributed by atoms with Gasteiger partial charge in [-0.15, -0.1) is 22.0 Å². The van der Waals surface area contributed by atoms with Gasteiger partial charge in [0.25, 0.3) is 5.91 Å². The van der Waals surface area contributed by atoms with Gasteiger partial charge in [0, 0.05) is 10.6 Å². The van der Waals surface area contributed by atoms with Crippen LogP contribution in [0.25, 0.3) is 16.8 Å². The van der Waals surface area contributed by atoms with Gasteiger partial charge in [0.05, 0.1) is 13.7 Å². The van der Waals surface area contributed by atoms with Crippen LogP contribution in [0.1, 0.15) is 17.5 Å². The summed E-state index contributed by atoms with van der Waals surface area (Å²) in [6.45, 7) is 2.45. The van der Waals surface area contributed by atoms with Crippen LogP contribution in [0.3, 0.4) is 0 Å². The summed E-state index contributed by atoms with van der Waals surface area (Å²) < 4.78 is 11.4. The molecular formula is C27H24N4O3S2. The second-order valence-corrected chi connectivity index (χ2v) is 9.76. The lowest BCUT2D eigenvalue weighted by atomic mass is 10.1. The highest BCUT2D eigenvalue weighted by atomic mass is 32.2. The highest BCUT2D eigenvalue weighted by Crippen LogP contribution is 2.31. The minimum absolute atomic E-state index is 0.0505. The lowest BCUT2D eigenvalue weighted by Crippen LogP contribution is -2.13. The van der Waals surface area contributed by atoms with Crippen molar-refractivity contribution in [3.63, 3.8) is 0 Å². The number of ether oxygens (including phenoxy) is 2. The first-order valence-corrected chi connectivity index (χ1v) is 13.1. The molecule has 0 radical (unpaired) electrons. The Kier molecular flexibility index (Phi) is 8.55. The molecule has 0 bridgehead atoms. The van der Waals surface area contributed by atoms with Gasteiger partial charge in [-0.1, -0.05) is 60.7 Å². The van der Waals surface area contributed by atoms with Crippen molar-refractivity contribution in [1.82, 2.24) is 10.2 Å². The van der Waals surface area contributed by atoms with E-state index >= 15 is 0 Å². The smallest absolute Gasteiger partial charge is 0.268 e. The Labute approximate surface area is 217 Å². The number of anilines is 1. The first-order chi connectivity index (χ1) is 17.6. The fourth-order valence-corrected chi connectivity index (χ4v) is 5.02. The summed E-state index contributed by atoms with van der Waals surface area (Å²) >= 11 is 3.02. The lowest BCUT2D eigenvalue weighted by molar-refractivity contribution is -0.112. The first-order valence-electron chi connectivity index (χ1n) is 11.3. The molecule has 0 atom stereocenters. The highest BCUT2D eigenvalue weighted by molar-refractivity contribution is 7.99. The van der Waals surface area contributed by atoms with Gasteiger partial charge in [-0.3, -0.25) is 10.1 Å². The SMILES string of the molecule is CCc1nnc(NC(=O)C(C#N)=Cc2ccc(OCCSc3cccc4ccccc34)c(OC)c2)s1. The third kappa shape index (κ3) is 6.22. The van der Waals surface area contributed by atoms with Crippen LogP contribution in [0.15, 0.2) is 71.1 Å². The average Bonchev–Trinajstić information content (AvgIpc) is 3.37. The number of aryl methyl sites for hydroxylation is 1. The molecule has 0 unspecified atom stereocenters. The number of carbonyl (C=O) groups excluding carboxylic acids is 1. The van der Waals surface area contributed by atoms with E-state index in [2.05, 4.69) is 45.8 Å². The summed E-state index contributed by atoms with van der Waals surface area (Å²) in [4.78, 5) is 13.7. The quantitative estimate of drug-likeness (QED) is 0.120. The summed E-state index contributed by atoms with van der Waals surface area (Å²) in [5.74, 6) is 1.34. The predicted octanol–water partition coefficient (Wildman–Crippen LogP) is 5.98. The van der Waals surface area contributed by atoms with E-state index in [0.29, 0.717) is 28.8 Å². The molecule has 0 saturated carbocycles. The van der Waals surface area contributed by atoms with Crippen molar-refractivity contribution >= 4 is 51.0 Å². The number of carbonyl (C=O) groups is 1. The van der Waals surface area contributed by atoms with Crippen LogP contribution in [0, 0.1) is 11.3 Å². The molecule has 1 amide bonds. The number of rotatable bonds is 10. The number of hydrogen-bond acceptors (Lipinski definition) is 8. The van der Waals surface area contributed by atoms with Gasteiger partial charge in [0.15, 0.2) is 11.5 Å². The van der Waals surface area contributed by atoms with E-state index in [1.807, 2.05) is 25.1 Å². The van der Waals surface area contributed by atoms with E-state index in [1.54, 1.807) is 37.1 Å². The molecule has 9 heteroatoms. The number of thioether (sulfide) groups is 1. The number of methoxy groups -OCH3 is 1. The standard InChI is InChI=1S/C27H24N4O3S2/c1-3-25-30-31-27(36-25)29-26(32)20(17-28)15-18-11-12-22(23(16-18)33-2)34-13-14-35-24-10-6-8-19-7-4-5-9-21(19)24/h4-12,15-16H,3,13-14H2,1-2H3,(H,29,31,32). The number of amides is 1. The van der Waals surface area contributed by atoms with Crippen LogP contribution in [0.4, 0.5) is 5.13 Å². The molecule has 7 nitrogen and oxygen atoms in total. The number of nitrogens with zero attached hydrogens (tertiary/aromatic N) is 3. The van der Waals surface area contributed by atoms with Crippen LogP contribution < -0.4 is 14.8 Å². The van der Waals surface area contributed by atoms with E-state index in [-0.39, 0.29) is 5.57 Å². The Morgan fingerprint density at radius 3 is 2.75 bits per heavy atom. The third-order valence-electron chi connectivity index (χ3n) is 5.20. The summed E-state index contributed by atoms with van der Waals surface area (Å²) in [5, 5.41) is 23.6. The van der Waals surface area contributed by atoms with Gasteiger partial charge in [-0.05, 0) is 47.0 Å². The molecule has 1 aromatic heterocycles. The summed E-state index contributed by atoms with van der Waals surface area (Å²) in [6, 6.07) is 21.8. The molecule has 182 valence electrons. The van der Waals surface area contributed by atoms with Crippen LogP contribution in [0.5, 0.6) is 11.5 Å². The van der Waals surface area contributed by atoms with Crippen molar-refractivity contribution in [3.05, 3.63) is 76.8 Å². The number of hydrogen-bond donors (Lipinski definition) is 1. The van der Waals surface area contributed by atoms with Crippen molar-refractivity contribution in [3.8, 4) is 17.6 Å². The molecule has 1 heterocycles. The monoisotopic (exact) mass is 516 g/mol. The van der Waals surface area contributed by atoms with Crippen LogP contribution in [-0.4, -0.2) is 35.6 Å².